The second-order valence-electron chi connectivity index (χ2n) is 8.68. The Bertz CT molecular complexity index is 1760. The van der Waals surface area contributed by atoms with Gasteiger partial charge in [0.05, 0.1) is 12.5 Å². The van der Waals surface area contributed by atoms with Crippen LogP contribution in [0.3, 0.4) is 0 Å². The zero-order chi connectivity index (χ0) is 28.8. The Morgan fingerprint density at radius 3 is 2.22 bits per heavy atom. The van der Waals surface area contributed by atoms with Crippen LogP contribution in [0.4, 0.5) is 0 Å². The third kappa shape index (κ3) is 6.90. The number of hydrogen-bond acceptors (Lipinski definition) is 7. The summed E-state index contributed by atoms with van der Waals surface area (Å²) < 4.78 is 27.5. The third-order valence-electron chi connectivity index (χ3n) is 5.96. The first-order chi connectivity index (χ1) is 19.9. The van der Waals surface area contributed by atoms with Gasteiger partial charge >= 0.3 is 5.97 Å². The lowest BCUT2D eigenvalue weighted by Gasteiger charge is -2.09. The molecule has 41 heavy (non-hydrogen) atoms. The van der Waals surface area contributed by atoms with Gasteiger partial charge in [-0.25, -0.2) is 4.79 Å². The van der Waals surface area contributed by atoms with Crippen LogP contribution < -0.4 is 24.4 Å². The number of rotatable bonds is 9. The highest BCUT2D eigenvalue weighted by molar-refractivity contribution is 6.35. The molecule has 0 fully saturated rings. The first kappa shape index (κ1) is 27.8. The molecule has 1 heterocycles. The van der Waals surface area contributed by atoms with Crippen LogP contribution in [-0.4, -0.2) is 13.1 Å². The van der Waals surface area contributed by atoms with E-state index in [-0.39, 0.29) is 34.5 Å². The minimum atomic E-state index is -0.597. The second kappa shape index (κ2) is 12.6. The molecule has 0 aliphatic rings. The smallest absolute Gasteiger partial charge is 0.336 e. The number of benzene rings is 4. The molecule has 0 N–H and O–H groups in total. The van der Waals surface area contributed by atoms with Gasteiger partial charge < -0.3 is 23.4 Å². The number of carbonyl (C=O) groups excluding carboxylic acids is 1. The topological polar surface area (TPSA) is 84.2 Å². The van der Waals surface area contributed by atoms with E-state index >= 15 is 0 Å². The maximum Gasteiger partial charge on any atom is 0.336 e. The van der Waals surface area contributed by atoms with Crippen LogP contribution >= 0.6 is 23.2 Å². The van der Waals surface area contributed by atoms with Gasteiger partial charge in [-0.3, -0.25) is 4.79 Å². The molecule has 0 saturated heterocycles. The molecule has 0 saturated carbocycles. The van der Waals surface area contributed by atoms with Gasteiger partial charge in [0.15, 0.2) is 0 Å². The van der Waals surface area contributed by atoms with Crippen LogP contribution in [0.2, 0.25) is 10.0 Å². The van der Waals surface area contributed by atoms with Gasteiger partial charge in [0.2, 0.25) is 11.2 Å². The number of ether oxygens (including phenoxy) is 4. The van der Waals surface area contributed by atoms with E-state index in [0.717, 1.165) is 5.56 Å². The van der Waals surface area contributed by atoms with Gasteiger partial charge in [-0.2, -0.15) is 0 Å². The molecule has 206 valence electrons. The van der Waals surface area contributed by atoms with E-state index in [1.54, 1.807) is 79.9 Å². The number of carbonyl (C=O) groups is 1. The highest BCUT2D eigenvalue weighted by Crippen LogP contribution is 2.27. The molecule has 9 heteroatoms. The molecule has 0 radical (unpaired) electrons. The van der Waals surface area contributed by atoms with E-state index in [4.69, 9.17) is 46.6 Å². The standard InChI is InChI=1S/C32H22Cl2O7/c1-37-21-10-12-23(13-11-21)40-30-19-39-29-17-24(14-15-25(29)32(30)36)41-31(35)16-7-20-5-8-22(9-6-20)38-18-26-27(33)3-2-4-28(26)34/h2-17,19H,18H2,1H3. The van der Waals surface area contributed by atoms with E-state index in [1.807, 2.05) is 0 Å². The van der Waals surface area contributed by atoms with E-state index < -0.39 is 5.97 Å². The predicted molar refractivity (Wildman–Crippen MR) is 157 cm³/mol. The molecule has 0 spiro atoms. The Kier molecular flexibility index (Phi) is 8.58. The molecule has 0 unspecified atom stereocenters. The van der Waals surface area contributed by atoms with Crippen molar-refractivity contribution in [1.82, 2.24) is 0 Å². The number of methoxy groups -OCH3 is 1. The van der Waals surface area contributed by atoms with E-state index in [2.05, 4.69) is 0 Å². The second-order valence-corrected chi connectivity index (χ2v) is 9.49. The summed E-state index contributed by atoms with van der Waals surface area (Å²) in [5, 5.41) is 1.35. The Labute approximate surface area is 245 Å². The number of halogens is 2. The van der Waals surface area contributed by atoms with E-state index in [9.17, 15) is 9.59 Å². The number of esters is 1. The van der Waals surface area contributed by atoms with Crippen LogP contribution in [0.15, 0.2) is 106 Å². The fourth-order valence-corrected chi connectivity index (χ4v) is 4.32. The molecule has 0 atom stereocenters. The Morgan fingerprint density at radius 2 is 1.51 bits per heavy atom. The Hall–Kier alpha value is -4.72. The van der Waals surface area contributed by atoms with Gasteiger partial charge in [0.25, 0.3) is 0 Å². The summed E-state index contributed by atoms with van der Waals surface area (Å²) in [6.07, 6.45) is 4.13. The summed E-state index contributed by atoms with van der Waals surface area (Å²) >= 11 is 12.4. The van der Waals surface area contributed by atoms with Crippen LogP contribution in [0.5, 0.6) is 28.7 Å². The summed E-state index contributed by atoms with van der Waals surface area (Å²) in [4.78, 5) is 25.3. The fraction of sp³-hybridized carbons (Fsp3) is 0.0625. The normalized spacial score (nSPS) is 11.0. The quantitative estimate of drug-likeness (QED) is 0.0976. The summed E-state index contributed by atoms with van der Waals surface area (Å²) in [6.45, 7) is 0.225. The minimum Gasteiger partial charge on any atom is -0.497 e. The highest BCUT2D eigenvalue weighted by Gasteiger charge is 2.12. The number of fused-ring (bicyclic) bond motifs is 1. The SMILES string of the molecule is COc1ccc(Oc2coc3cc(OC(=O)C=Cc4ccc(OCc5c(Cl)cccc5Cl)cc4)ccc3c2=O)cc1. The lowest BCUT2D eigenvalue weighted by molar-refractivity contribution is -0.128. The molecular formula is C32H22Cl2O7. The summed E-state index contributed by atoms with van der Waals surface area (Å²) in [5.74, 6) is 1.40. The number of hydrogen-bond donors (Lipinski definition) is 0. The summed E-state index contributed by atoms with van der Waals surface area (Å²) in [6, 6.07) is 23.7. The van der Waals surface area contributed by atoms with Crippen molar-refractivity contribution in [3.63, 3.8) is 0 Å². The molecule has 0 aliphatic carbocycles. The largest absolute Gasteiger partial charge is 0.497 e. The van der Waals surface area contributed by atoms with Crippen LogP contribution in [0, 0.1) is 0 Å². The molecule has 5 rings (SSSR count). The molecule has 5 aromatic rings. The van der Waals surface area contributed by atoms with Crippen molar-refractivity contribution < 1.29 is 28.2 Å². The van der Waals surface area contributed by atoms with Crippen LogP contribution in [0.1, 0.15) is 11.1 Å². The molecule has 7 nitrogen and oxygen atoms in total. The van der Waals surface area contributed by atoms with Crippen molar-refractivity contribution in [1.29, 1.82) is 0 Å². The van der Waals surface area contributed by atoms with E-state index in [0.29, 0.717) is 32.9 Å². The van der Waals surface area contributed by atoms with Crippen LogP contribution in [-0.2, 0) is 11.4 Å². The lowest BCUT2D eigenvalue weighted by atomic mass is 10.2. The minimum absolute atomic E-state index is 0.0272. The van der Waals surface area contributed by atoms with Crippen molar-refractivity contribution in [2.45, 2.75) is 6.61 Å². The average Bonchev–Trinajstić information content (AvgIpc) is 2.98. The Balaban J connectivity index is 1.19. The predicted octanol–water partition coefficient (Wildman–Crippen LogP) is 8.10. The maximum atomic E-state index is 12.9. The molecule has 0 amide bonds. The zero-order valence-corrected chi connectivity index (χ0v) is 23.1. The fourth-order valence-electron chi connectivity index (χ4n) is 3.81. The Morgan fingerprint density at radius 1 is 0.854 bits per heavy atom. The maximum absolute atomic E-state index is 12.9. The zero-order valence-electron chi connectivity index (χ0n) is 21.6. The first-order valence-electron chi connectivity index (χ1n) is 12.3. The van der Waals surface area contributed by atoms with E-state index in [1.165, 1.54) is 30.5 Å². The summed E-state index contributed by atoms with van der Waals surface area (Å²) in [5.41, 5.74) is 1.36. The van der Waals surface area contributed by atoms with Crippen molar-refractivity contribution in [3.05, 3.63) is 129 Å². The molecule has 0 aliphatic heterocycles. The van der Waals surface area contributed by atoms with Gasteiger partial charge in [0.1, 0.15) is 41.5 Å². The van der Waals surface area contributed by atoms with Crippen molar-refractivity contribution in [2.24, 2.45) is 0 Å². The van der Waals surface area contributed by atoms with Crippen molar-refractivity contribution in [3.8, 4) is 28.7 Å². The van der Waals surface area contributed by atoms with Crippen LogP contribution in [0.25, 0.3) is 17.0 Å². The van der Waals surface area contributed by atoms with Gasteiger partial charge in [0, 0.05) is 27.8 Å². The first-order valence-corrected chi connectivity index (χ1v) is 13.1. The third-order valence-corrected chi connectivity index (χ3v) is 6.67. The van der Waals surface area contributed by atoms with Gasteiger partial charge in [-0.15, -0.1) is 0 Å². The van der Waals surface area contributed by atoms with Crippen molar-refractivity contribution in [2.75, 3.05) is 7.11 Å². The highest BCUT2D eigenvalue weighted by atomic mass is 35.5. The molecule has 1 aromatic heterocycles. The molecule has 4 aromatic carbocycles. The summed E-state index contributed by atoms with van der Waals surface area (Å²) in [7, 11) is 1.56. The monoisotopic (exact) mass is 588 g/mol. The van der Waals surface area contributed by atoms with Gasteiger partial charge in [-0.05, 0) is 72.3 Å². The van der Waals surface area contributed by atoms with Crippen molar-refractivity contribution >= 4 is 46.2 Å². The average molecular weight is 589 g/mol. The molecule has 0 bridgehead atoms. The lowest BCUT2D eigenvalue weighted by Crippen LogP contribution is -2.06. The molecular weight excluding hydrogens is 567 g/mol. The van der Waals surface area contributed by atoms with Gasteiger partial charge in [-0.1, -0.05) is 41.4 Å².